The van der Waals surface area contributed by atoms with Crippen molar-refractivity contribution < 1.29 is 9.59 Å². The highest BCUT2D eigenvalue weighted by atomic mass is 35.5. The average Bonchev–Trinajstić information content (AvgIpc) is 2.54. The average molecular weight is 361 g/mol. The molecule has 0 saturated carbocycles. The van der Waals surface area contributed by atoms with Crippen LogP contribution in [0.4, 0.5) is 4.79 Å². The van der Waals surface area contributed by atoms with Crippen LogP contribution in [0.1, 0.15) is 22.0 Å². The SMILES string of the molecule is C=C1NC(=O)N[C@H](c2cccc(Cl)c2)[C@@H]1C(=O)c1ccc(Cl)cc1. The second-order valence-corrected chi connectivity index (χ2v) is 6.38. The first-order valence-corrected chi connectivity index (χ1v) is 8.03. The van der Waals surface area contributed by atoms with Gasteiger partial charge in [0.05, 0.1) is 12.0 Å². The van der Waals surface area contributed by atoms with Gasteiger partial charge in [-0.2, -0.15) is 0 Å². The van der Waals surface area contributed by atoms with Gasteiger partial charge in [0, 0.05) is 21.3 Å². The summed E-state index contributed by atoms with van der Waals surface area (Å²) in [6.45, 7) is 3.86. The van der Waals surface area contributed by atoms with Gasteiger partial charge in [-0.1, -0.05) is 41.9 Å². The third-order valence-corrected chi connectivity index (χ3v) is 4.38. The van der Waals surface area contributed by atoms with Crippen molar-refractivity contribution in [2.75, 3.05) is 0 Å². The fourth-order valence-electron chi connectivity index (χ4n) is 2.76. The summed E-state index contributed by atoms with van der Waals surface area (Å²) in [5.41, 5.74) is 1.59. The predicted molar refractivity (Wildman–Crippen MR) is 94.3 cm³/mol. The molecule has 6 heteroatoms. The Morgan fingerprint density at radius 2 is 1.75 bits per heavy atom. The number of benzene rings is 2. The number of hydrogen-bond acceptors (Lipinski definition) is 2. The van der Waals surface area contributed by atoms with Crippen molar-refractivity contribution in [1.82, 2.24) is 10.6 Å². The normalized spacial score (nSPS) is 20.2. The summed E-state index contributed by atoms with van der Waals surface area (Å²) in [4.78, 5) is 24.8. The zero-order valence-electron chi connectivity index (χ0n) is 12.6. The van der Waals surface area contributed by atoms with Crippen molar-refractivity contribution in [2.45, 2.75) is 6.04 Å². The van der Waals surface area contributed by atoms with Crippen LogP contribution in [-0.2, 0) is 0 Å². The highest BCUT2D eigenvalue weighted by Crippen LogP contribution is 2.33. The van der Waals surface area contributed by atoms with Crippen molar-refractivity contribution in [3.8, 4) is 0 Å². The lowest BCUT2D eigenvalue weighted by Gasteiger charge is -2.34. The second kappa shape index (κ2) is 6.67. The molecular formula is C18H14Cl2N2O2. The topological polar surface area (TPSA) is 58.2 Å². The molecule has 1 fully saturated rings. The monoisotopic (exact) mass is 360 g/mol. The van der Waals surface area contributed by atoms with Gasteiger partial charge >= 0.3 is 6.03 Å². The van der Waals surface area contributed by atoms with E-state index >= 15 is 0 Å². The van der Waals surface area contributed by atoms with Crippen LogP contribution in [0.2, 0.25) is 10.0 Å². The predicted octanol–water partition coefficient (Wildman–Crippen LogP) is 4.36. The molecule has 2 atom stereocenters. The third-order valence-electron chi connectivity index (χ3n) is 3.89. The molecule has 1 aliphatic heterocycles. The van der Waals surface area contributed by atoms with Crippen LogP contribution in [0.15, 0.2) is 60.8 Å². The van der Waals surface area contributed by atoms with Crippen molar-refractivity contribution >= 4 is 35.0 Å². The molecule has 122 valence electrons. The molecule has 2 amide bonds. The lowest BCUT2D eigenvalue weighted by molar-refractivity contribution is 0.0905. The van der Waals surface area contributed by atoms with Crippen LogP contribution in [0.5, 0.6) is 0 Å². The van der Waals surface area contributed by atoms with E-state index in [9.17, 15) is 9.59 Å². The van der Waals surface area contributed by atoms with E-state index in [0.717, 1.165) is 5.56 Å². The smallest absolute Gasteiger partial charge is 0.319 e. The fourth-order valence-corrected chi connectivity index (χ4v) is 3.09. The lowest BCUT2D eigenvalue weighted by atomic mass is 9.83. The molecule has 0 unspecified atom stereocenters. The first kappa shape index (κ1) is 16.6. The van der Waals surface area contributed by atoms with E-state index < -0.39 is 18.0 Å². The Labute approximate surface area is 149 Å². The molecule has 24 heavy (non-hydrogen) atoms. The molecule has 0 spiro atoms. The van der Waals surface area contributed by atoms with Gasteiger partial charge in [0.2, 0.25) is 0 Å². The highest BCUT2D eigenvalue weighted by molar-refractivity contribution is 6.31. The maximum atomic E-state index is 13.0. The van der Waals surface area contributed by atoms with Crippen LogP contribution < -0.4 is 10.6 Å². The van der Waals surface area contributed by atoms with Gasteiger partial charge in [-0.05, 0) is 42.0 Å². The van der Waals surface area contributed by atoms with Crippen molar-refractivity contribution in [3.05, 3.63) is 82.0 Å². The summed E-state index contributed by atoms with van der Waals surface area (Å²) in [7, 11) is 0. The Bertz CT molecular complexity index is 818. The van der Waals surface area contributed by atoms with Crippen molar-refractivity contribution in [1.29, 1.82) is 0 Å². The quantitative estimate of drug-likeness (QED) is 0.798. The van der Waals surface area contributed by atoms with Gasteiger partial charge in [0.15, 0.2) is 5.78 Å². The van der Waals surface area contributed by atoms with Gasteiger partial charge in [-0.25, -0.2) is 4.79 Å². The summed E-state index contributed by atoms with van der Waals surface area (Å²) in [5, 5.41) is 6.45. The summed E-state index contributed by atoms with van der Waals surface area (Å²) in [5.74, 6) is -0.809. The van der Waals surface area contributed by atoms with E-state index in [0.29, 0.717) is 21.3 Å². The van der Waals surface area contributed by atoms with Gasteiger partial charge in [0.1, 0.15) is 0 Å². The van der Waals surface area contributed by atoms with Crippen LogP contribution in [0.25, 0.3) is 0 Å². The van der Waals surface area contributed by atoms with Crippen LogP contribution in [0.3, 0.4) is 0 Å². The summed E-state index contributed by atoms with van der Waals surface area (Å²) in [6, 6.07) is 12.7. The van der Waals surface area contributed by atoms with Crippen LogP contribution in [-0.4, -0.2) is 11.8 Å². The summed E-state index contributed by atoms with van der Waals surface area (Å²) < 4.78 is 0. The number of carbonyl (C=O) groups is 2. The molecule has 0 radical (unpaired) electrons. The Kier molecular flexibility index (Phi) is 4.60. The molecular weight excluding hydrogens is 347 g/mol. The van der Waals surface area contributed by atoms with E-state index in [1.165, 1.54) is 0 Å². The maximum absolute atomic E-state index is 13.0. The van der Waals surface area contributed by atoms with Gasteiger partial charge in [0.25, 0.3) is 0 Å². The van der Waals surface area contributed by atoms with E-state index in [-0.39, 0.29) is 5.78 Å². The molecule has 1 aliphatic rings. The Morgan fingerprint density at radius 1 is 1.04 bits per heavy atom. The molecule has 1 saturated heterocycles. The number of amides is 2. The Hall–Kier alpha value is -2.30. The largest absolute Gasteiger partial charge is 0.330 e. The lowest BCUT2D eigenvalue weighted by Crippen LogP contribution is -2.50. The second-order valence-electron chi connectivity index (χ2n) is 5.51. The van der Waals surface area contributed by atoms with Crippen LogP contribution >= 0.6 is 23.2 Å². The molecule has 0 aromatic heterocycles. The minimum Gasteiger partial charge on any atom is -0.330 e. The number of hydrogen-bond donors (Lipinski definition) is 2. The minimum atomic E-state index is -0.651. The minimum absolute atomic E-state index is 0.158. The number of carbonyl (C=O) groups excluding carboxylic acids is 2. The van der Waals surface area contributed by atoms with Crippen molar-refractivity contribution in [3.63, 3.8) is 0 Å². The Morgan fingerprint density at radius 3 is 2.42 bits per heavy atom. The van der Waals surface area contributed by atoms with Gasteiger partial charge < -0.3 is 10.6 Å². The standard InChI is InChI=1S/C18H14Cl2N2O2/c1-10-15(17(23)11-5-7-13(19)8-6-11)16(22-18(24)21-10)12-3-2-4-14(20)9-12/h2-9,15-16H,1H2,(H2,21,22,24)/t15-,16-/m1/s1. The zero-order valence-corrected chi connectivity index (χ0v) is 14.1. The van der Waals surface area contributed by atoms with Crippen molar-refractivity contribution in [2.24, 2.45) is 5.92 Å². The molecule has 2 aromatic rings. The number of halogens is 2. The fraction of sp³-hybridized carbons (Fsp3) is 0.111. The first-order chi connectivity index (χ1) is 11.5. The molecule has 4 nitrogen and oxygen atoms in total. The zero-order chi connectivity index (χ0) is 17.3. The van der Waals surface area contributed by atoms with Gasteiger partial charge in [-0.15, -0.1) is 0 Å². The molecule has 1 heterocycles. The van der Waals surface area contributed by atoms with Gasteiger partial charge in [-0.3, -0.25) is 4.79 Å². The molecule has 2 aromatic carbocycles. The van der Waals surface area contributed by atoms with E-state index in [1.807, 2.05) is 6.07 Å². The Balaban J connectivity index is 2.00. The number of urea groups is 1. The number of nitrogens with one attached hydrogen (secondary N) is 2. The number of Topliss-reactive ketones (excluding diaryl/α,β-unsaturated/α-hetero) is 1. The summed E-state index contributed by atoms with van der Waals surface area (Å²) in [6.07, 6.45) is 0. The number of rotatable bonds is 3. The van der Waals surface area contributed by atoms with Crippen LogP contribution in [0, 0.1) is 5.92 Å². The van der Waals surface area contributed by atoms with E-state index in [1.54, 1.807) is 42.5 Å². The molecule has 3 rings (SSSR count). The van der Waals surface area contributed by atoms with E-state index in [4.69, 9.17) is 23.2 Å². The molecule has 0 aliphatic carbocycles. The molecule has 0 bridgehead atoms. The number of ketones is 1. The highest BCUT2D eigenvalue weighted by Gasteiger charge is 2.38. The molecule has 2 N–H and O–H groups in total. The first-order valence-electron chi connectivity index (χ1n) is 7.27. The summed E-state index contributed by atoms with van der Waals surface area (Å²) >= 11 is 11.9. The third kappa shape index (κ3) is 3.30. The maximum Gasteiger partial charge on any atom is 0.319 e. The van der Waals surface area contributed by atoms with E-state index in [2.05, 4.69) is 17.2 Å².